The molecule has 0 saturated heterocycles. The molecule has 3 rings (SSSR count). The molecule has 0 atom stereocenters. The van der Waals surface area contributed by atoms with Crippen LogP contribution in [0, 0.1) is 11.7 Å². The van der Waals surface area contributed by atoms with E-state index in [0.29, 0.717) is 12.5 Å². The molecule has 0 radical (unpaired) electrons. The Morgan fingerprint density at radius 2 is 1.95 bits per heavy atom. The Morgan fingerprint density at radius 3 is 2.57 bits per heavy atom. The second kappa shape index (κ2) is 6.25. The Hall–Kier alpha value is -0.610. The van der Waals surface area contributed by atoms with Gasteiger partial charge in [-0.3, -0.25) is 0 Å². The molecule has 4 heteroatoms. The maximum absolute atomic E-state index is 14.0. The number of hydrogen-bond acceptors (Lipinski definition) is 2. The van der Waals surface area contributed by atoms with Crippen LogP contribution in [-0.4, -0.2) is 13.2 Å². The van der Waals surface area contributed by atoms with Gasteiger partial charge in [-0.1, -0.05) is 19.3 Å². The van der Waals surface area contributed by atoms with Gasteiger partial charge in [-0.25, -0.2) is 4.39 Å². The fourth-order valence-electron chi connectivity index (χ4n) is 3.40. The van der Waals surface area contributed by atoms with Crippen LogP contribution in [0.3, 0.4) is 0 Å². The number of nitrogens with two attached hydrogens (primary N) is 1. The standard InChI is InChI=1S/C17H23BrFNO/c18-15-9-13(19)8-14(16(15)21-10-12-4-5-12)17(11-20)6-2-1-3-7-17/h8-9,12H,1-7,10-11,20H2. The molecule has 0 amide bonds. The summed E-state index contributed by atoms with van der Waals surface area (Å²) in [5, 5.41) is 0. The largest absolute Gasteiger partial charge is 0.492 e. The lowest BCUT2D eigenvalue weighted by molar-refractivity contribution is 0.260. The van der Waals surface area contributed by atoms with E-state index < -0.39 is 0 Å². The molecule has 1 aromatic rings. The lowest BCUT2D eigenvalue weighted by Crippen LogP contribution is -2.37. The van der Waals surface area contributed by atoms with Gasteiger partial charge in [-0.2, -0.15) is 0 Å². The summed E-state index contributed by atoms with van der Waals surface area (Å²) >= 11 is 3.48. The highest BCUT2D eigenvalue weighted by atomic mass is 79.9. The predicted molar refractivity (Wildman–Crippen MR) is 86.1 cm³/mol. The minimum Gasteiger partial charge on any atom is -0.492 e. The summed E-state index contributed by atoms with van der Waals surface area (Å²) in [5.74, 6) is 1.28. The average Bonchev–Trinajstić information content (AvgIpc) is 3.30. The molecule has 1 aromatic carbocycles. The van der Waals surface area contributed by atoms with Crippen LogP contribution in [0.15, 0.2) is 16.6 Å². The Bertz CT molecular complexity index is 510. The summed E-state index contributed by atoms with van der Waals surface area (Å²) in [6, 6.07) is 3.14. The van der Waals surface area contributed by atoms with Gasteiger partial charge in [-0.05, 0) is 59.7 Å². The molecule has 2 N–H and O–H groups in total. The van der Waals surface area contributed by atoms with Crippen molar-refractivity contribution in [3.63, 3.8) is 0 Å². The van der Waals surface area contributed by atoms with Crippen molar-refractivity contribution in [2.75, 3.05) is 13.2 Å². The molecule has 0 unspecified atom stereocenters. The first-order chi connectivity index (χ1) is 10.1. The minimum atomic E-state index is -0.214. The molecular weight excluding hydrogens is 333 g/mol. The molecule has 0 bridgehead atoms. The van der Waals surface area contributed by atoms with Crippen molar-refractivity contribution >= 4 is 15.9 Å². The van der Waals surface area contributed by atoms with Crippen molar-refractivity contribution < 1.29 is 9.13 Å². The highest BCUT2D eigenvalue weighted by Gasteiger charge is 2.36. The first kappa shape index (κ1) is 15.3. The summed E-state index contributed by atoms with van der Waals surface area (Å²) < 4.78 is 20.7. The monoisotopic (exact) mass is 355 g/mol. The third kappa shape index (κ3) is 3.26. The zero-order valence-corrected chi connectivity index (χ0v) is 13.9. The highest BCUT2D eigenvalue weighted by Crippen LogP contribution is 2.46. The number of benzene rings is 1. The number of halogens is 2. The van der Waals surface area contributed by atoms with Crippen LogP contribution in [0.1, 0.15) is 50.5 Å². The number of rotatable bonds is 5. The van der Waals surface area contributed by atoms with Gasteiger partial charge >= 0.3 is 0 Å². The Labute approximate surface area is 134 Å². The van der Waals surface area contributed by atoms with Crippen molar-refractivity contribution in [2.45, 2.75) is 50.4 Å². The van der Waals surface area contributed by atoms with E-state index in [0.717, 1.165) is 48.1 Å². The van der Waals surface area contributed by atoms with Crippen molar-refractivity contribution in [3.8, 4) is 5.75 Å². The van der Waals surface area contributed by atoms with E-state index in [1.165, 1.54) is 25.3 Å². The van der Waals surface area contributed by atoms with E-state index in [1.54, 1.807) is 6.07 Å². The number of ether oxygens (including phenoxy) is 1. The van der Waals surface area contributed by atoms with Crippen molar-refractivity contribution in [3.05, 3.63) is 28.0 Å². The fourth-order valence-corrected chi connectivity index (χ4v) is 3.95. The lowest BCUT2D eigenvalue weighted by Gasteiger charge is -2.38. The van der Waals surface area contributed by atoms with E-state index >= 15 is 0 Å². The van der Waals surface area contributed by atoms with Gasteiger partial charge in [0.2, 0.25) is 0 Å². The van der Waals surface area contributed by atoms with E-state index in [9.17, 15) is 4.39 Å². The molecule has 0 heterocycles. The van der Waals surface area contributed by atoms with Crippen molar-refractivity contribution in [1.82, 2.24) is 0 Å². The zero-order valence-electron chi connectivity index (χ0n) is 12.3. The second-order valence-corrected chi connectivity index (χ2v) is 7.42. The van der Waals surface area contributed by atoms with Crippen LogP contribution in [0.4, 0.5) is 4.39 Å². The van der Waals surface area contributed by atoms with Gasteiger partial charge in [-0.15, -0.1) is 0 Å². The third-order valence-electron chi connectivity index (χ3n) is 4.94. The first-order valence-electron chi connectivity index (χ1n) is 7.97. The molecule has 0 aromatic heterocycles. The maximum atomic E-state index is 14.0. The minimum absolute atomic E-state index is 0.123. The van der Waals surface area contributed by atoms with E-state index in [-0.39, 0.29) is 11.2 Å². The zero-order chi connectivity index (χ0) is 14.9. The number of hydrogen-bond donors (Lipinski definition) is 1. The molecule has 116 valence electrons. The van der Waals surface area contributed by atoms with Gasteiger partial charge in [0.05, 0.1) is 11.1 Å². The SMILES string of the molecule is NCC1(c2cc(F)cc(Br)c2OCC2CC2)CCCCC1. The molecule has 2 aliphatic rings. The molecule has 0 spiro atoms. The van der Waals surface area contributed by atoms with E-state index in [2.05, 4.69) is 15.9 Å². The lowest BCUT2D eigenvalue weighted by atomic mass is 9.69. The van der Waals surface area contributed by atoms with Gasteiger partial charge in [0.1, 0.15) is 11.6 Å². The molecule has 2 aliphatic carbocycles. The Morgan fingerprint density at radius 1 is 1.24 bits per heavy atom. The smallest absolute Gasteiger partial charge is 0.137 e. The van der Waals surface area contributed by atoms with Crippen LogP contribution >= 0.6 is 15.9 Å². The highest BCUT2D eigenvalue weighted by molar-refractivity contribution is 9.10. The van der Waals surface area contributed by atoms with Crippen molar-refractivity contribution in [1.29, 1.82) is 0 Å². The van der Waals surface area contributed by atoms with Gasteiger partial charge in [0.15, 0.2) is 0 Å². The molecule has 0 aliphatic heterocycles. The Kier molecular flexibility index (Phi) is 4.55. The molecule has 21 heavy (non-hydrogen) atoms. The summed E-state index contributed by atoms with van der Waals surface area (Å²) in [6.07, 6.45) is 8.11. The summed E-state index contributed by atoms with van der Waals surface area (Å²) in [4.78, 5) is 0. The van der Waals surface area contributed by atoms with E-state index in [4.69, 9.17) is 10.5 Å². The van der Waals surface area contributed by atoms with Crippen LogP contribution in [0.5, 0.6) is 5.75 Å². The molecule has 2 nitrogen and oxygen atoms in total. The summed E-state index contributed by atoms with van der Waals surface area (Å²) in [7, 11) is 0. The van der Waals surface area contributed by atoms with Crippen LogP contribution in [0.2, 0.25) is 0 Å². The van der Waals surface area contributed by atoms with Crippen LogP contribution in [-0.2, 0) is 5.41 Å². The fraction of sp³-hybridized carbons (Fsp3) is 0.647. The van der Waals surface area contributed by atoms with Gasteiger partial charge in [0, 0.05) is 17.5 Å². The van der Waals surface area contributed by atoms with Crippen molar-refractivity contribution in [2.24, 2.45) is 11.7 Å². The van der Waals surface area contributed by atoms with Crippen LogP contribution < -0.4 is 10.5 Å². The third-order valence-corrected chi connectivity index (χ3v) is 5.53. The molecule has 2 fully saturated rings. The van der Waals surface area contributed by atoms with Gasteiger partial charge in [0.25, 0.3) is 0 Å². The topological polar surface area (TPSA) is 35.2 Å². The van der Waals surface area contributed by atoms with Gasteiger partial charge < -0.3 is 10.5 Å². The maximum Gasteiger partial charge on any atom is 0.137 e. The summed E-state index contributed by atoms with van der Waals surface area (Å²) in [6.45, 7) is 1.29. The normalized spacial score (nSPS) is 21.3. The predicted octanol–water partition coefficient (Wildman–Crippen LogP) is 4.54. The Balaban J connectivity index is 1.96. The molecule has 2 saturated carbocycles. The molecular formula is C17H23BrFNO. The van der Waals surface area contributed by atoms with E-state index in [1.807, 2.05) is 0 Å². The second-order valence-electron chi connectivity index (χ2n) is 6.56. The first-order valence-corrected chi connectivity index (χ1v) is 8.76. The average molecular weight is 356 g/mol. The quantitative estimate of drug-likeness (QED) is 0.841. The van der Waals surface area contributed by atoms with Crippen LogP contribution in [0.25, 0.3) is 0 Å². The summed E-state index contributed by atoms with van der Waals surface area (Å²) in [5.41, 5.74) is 6.96.